The number of methoxy groups -OCH3 is 3. The van der Waals surface area contributed by atoms with E-state index < -0.39 is 0 Å². The van der Waals surface area contributed by atoms with E-state index in [9.17, 15) is 0 Å². The van der Waals surface area contributed by atoms with Gasteiger partial charge in [-0.25, -0.2) is 9.97 Å². The second-order valence-electron chi connectivity index (χ2n) is 7.69. The van der Waals surface area contributed by atoms with Gasteiger partial charge < -0.3 is 19.9 Å². The SMILES string of the molecule is COc1ccc(CN2CCCC3(CCc4cnc(N)nc43)C2)c(OC)c1OC. The van der Waals surface area contributed by atoms with Gasteiger partial charge in [0.25, 0.3) is 0 Å². The van der Waals surface area contributed by atoms with E-state index in [0.717, 1.165) is 62.3 Å². The fourth-order valence-electron chi connectivity index (χ4n) is 4.84. The van der Waals surface area contributed by atoms with Crippen LogP contribution in [-0.4, -0.2) is 49.3 Å². The molecule has 1 fully saturated rings. The minimum atomic E-state index is 0.0778. The first-order valence-electron chi connectivity index (χ1n) is 9.72. The molecule has 0 amide bonds. The third-order valence-corrected chi connectivity index (χ3v) is 6.09. The lowest BCUT2D eigenvalue weighted by Gasteiger charge is -2.40. The van der Waals surface area contributed by atoms with Crippen LogP contribution in [0.25, 0.3) is 0 Å². The molecule has 1 atom stereocenters. The lowest BCUT2D eigenvalue weighted by Crippen LogP contribution is -2.45. The first-order chi connectivity index (χ1) is 13.6. The lowest BCUT2D eigenvalue weighted by atomic mass is 9.77. The summed E-state index contributed by atoms with van der Waals surface area (Å²) in [6.45, 7) is 2.81. The van der Waals surface area contributed by atoms with Crippen LogP contribution in [0.1, 0.15) is 36.1 Å². The molecule has 1 saturated heterocycles. The van der Waals surface area contributed by atoms with Crippen molar-refractivity contribution in [1.29, 1.82) is 0 Å². The van der Waals surface area contributed by atoms with E-state index in [0.29, 0.717) is 17.4 Å². The van der Waals surface area contributed by atoms with Crippen LogP contribution in [0.15, 0.2) is 18.3 Å². The molecule has 1 aromatic carbocycles. The van der Waals surface area contributed by atoms with Crippen LogP contribution in [0.3, 0.4) is 0 Å². The Morgan fingerprint density at radius 3 is 2.68 bits per heavy atom. The number of hydrogen-bond donors (Lipinski definition) is 1. The number of aromatic nitrogens is 2. The van der Waals surface area contributed by atoms with E-state index in [1.807, 2.05) is 12.3 Å². The van der Waals surface area contributed by atoms with Gasteiger partial charge in [-0.3, -0.25) is 4.90 Å². The third-order valence-electron chi connectivity index (χ3n) is 6.09. The second-order valence-corrected chi connectivity index (χ2v) is 7.69. The predicted octanol–water partition coefficient (Wildman–Crippen LogP) is 2.56. The topological polar surface area (TPSA) is 82.7 Å². The maximum atomic E-state index is 5.90. The van der Waals surface area contributed by atoms with Crippen molar-refractivity contribution in [1.82, 2.24) is 14.9 Å². The summed E-state index contributed by atoms with van der Waals surface area (Å²) < 4.78 is 16.6. The van der Waals surface area contributed by atoms with Crippen LogP contribution in [0.2, 0.25) is 0 Å². The lowest BCUT2D eigenvalue weighted by molar-refractivity contribution is 0.135. The summed E-state index contributed by atoms with van der Waals surface area (Å²) in [6, 6.07) is 4.00. The van der Waals surface area contributed by atoms with Crippen LogP contribution < -0.4 is 19.9 Å². The van der Waals surface area contributed by atoms with Crippen molar-refractivity contribution in [2.45, 2.75) is 37.6 Å². The average Bonchev–Trinajstić information content (AvgIpc) is 3.04. The fraction of sp³-hybridized carbons (Fsp3) is 0.524. The van der Waals surface area contributed by atoms with Crippen molar-refractivity contribution in [3.63, 3.8) is 0 Å². The molecule has 0 saturated carbocycles. The maximum Gasteiger partial charge on any atom is 0.220 e. The molecule has 0 bridgehead atoms. The number of nitrogens with zero attached hydrogens (tertiary/aromatic N) is 3. The summed E-state index contributed by atoms with van der Waals surface area (Å²) in [5.41, 5.74) is 9.48. The summed E-state index contributed by atoms with van der Waals surface area (Å²) in [4.78, 5) is 11.3. The van der Waals surface area contributed by atoms with Crippen LogP contribution >= 0.6 is 0 Å². The molecular weight excluding hydrogens is 356 g/mol. The Morgan fingerprint density at radius 1 is 1.11 bits per heavy atom. The van der Waals surface area contributed by atoms with E-state index in [4.69, 9.17) is 19.9 Å². The molecule has 1 aromatic heterocycles. The summed E-state index contributed by atoms with van der Waals surface area (Å²) in [7, 11) is 4.95. The Morgan fingerprint density at radius 2 is 1.93 bits per heavy atom. The van der Waals surface area contributed by atoms with Crippen molar-refractivity contribution >= 4 is 5.95 Å². The van der Waals surface area contributed by atoms with Gasteiger partial charge in [0.1, 0.15) is 0 Å². The Balaban J connectivity index is 1.60. The highest BCUT2D eigenvalue weighted by Gasteiger charge is 2.43. The van der Waals surface area contributed by atoms with Gasteiger partial charge >= 0.3 is 0 Å². The standard InChI is InChI=1S/C21H28N4O3/c1-26-16-6-5-15(17(27-2)18(16)28-3)12-25-10-4-8-21(13-25)9-7-14-11-23-20(22)24-19(14)21/h5-6,11H,4,7-10,12-13H2,1-3H3,(H2,22,23,24). The smallest absolute Gasteiger partial charge is 0.220 e. The number of nitrogens with two attached hydrogens (primary N) is 1. The van der Waals surface area contributed by atoms with Gasteiger partial charge in [0.2, 0.25) is 11.7 Å². The number of fused-ring (bicyclic) bond motifs is 2. The Hall–Kier alpha value is -2.54. The zero-order valence-corrected chi connectivity index (χ0v) is 16.8. The molecule has 2 aliphatic rings. The molecule has 7 heteroatoms. The van der Waals surface area contributed by atoms with Crippen molar-refractivity contribution in [3.05, 3.63) is 35.2 Å². The fourth-order valence-corrected chi connectivity index (χ4v) is 4.84. The van der Waals surface area contributed by atoms with E-state index >= 15 is 0 Å². The molecule has 1 aliphatic heterocycles. The largest absolute Gasteiger partial charge is 0.493 e. The minimum Gasteiger partial charge on any atom is -0.493 e. The number of ether oxygens (including phenoxy) is 3. The summed E-state index contributed by atoms with van der Waals surface area (Å²) in [5.74, 6) is 2.43. The van der Waals surface area contributed by atoms with Gasteiger partial charge in [0.15, 0.2) is 11.5 Å². The van der Waals surface area contributed by atoms with Crippen LogP contribution in [0.4, 0.5) is 5.95 Å². The Labute approximate surface area is 165 Å². The average molecular weight is 384 g/mol. The number of likely N-dealkylation sites (tertiary alicyclic amines) is 1. The van der Waals surface area contributed by atoms with E-state index in [2.05, 4.69) is 20.9 Å². The molecule has 7 nitrogen and oxygen atoms in total. The predicted molar refractivity (Wildman–Crippen MR) is 107 cm³/mol. The second kappa shape index (κ2) is 7.47. The molecule has 2 N–H and O–H groups in total. The monoisotopic (exact) mass is 384 g/mol. The first kappa shape index (κ1) is 18.8. The number of hydrogen-bond acceptors (Lipinski definition) is 7. The molecule has 1 aliphatic carbocycles. The molecule has 2 aromatic rings. The van der Waals surface area contributed by atoms with Crippen molar-refractivity contribution in [2.75, 3.05) is 40.2 Å². The van der Waals surface area contributed by atoms with Gasteiger partial charge in [0, 0.05) is 30.3 Å². The Bertz CT molecular complexity index is 869. The number of benzene rings is 1. The molecule has 4 rings (SSSR count). The van der Waals surface area contributed by atoms with E-state index in [1.54, 1.807) is 21.3 Å². The van der Waals surface area contributed by atoms with Crippen LogP contribution in [-0.2, 0) is 18.4 Å². The minimum absolute atomic E-state index is 0.0778. The van der Waals surface area contributed by atoms with Crippen molar-refractivity contribution in [3.8, 4) is 17.2 Å². The number of aryl methyl sites for hydroxylation is 1. The number of rotatable bonds is 5. The molecule has 2 heterocycles. The number of nitrogen functional groups attached to an aromatic ring is 1. The van der Waals surface area contributed by atoms with Gasteiger partial charge in [0.05, 0.1) is 27.0 Å². The molecule has 0 radical (unpaired) electrons. The molecule has 28 heavy (non-hydrogen) atoms. The van der Waals surface area contributed by atoms with Crippen molar-refractivity contribution in [2.24, 2.45) is 0 Å². The van der Waals surface area contributed by atoms with Crippen LogP contribution in [0.5, 0.6) is 17.2 Å². The highest BCUT2D eigenvalue weighted by atomic mass is 16.5. The van der Waals surface area contributed by atoms with Crippen LogP contribution in [0, 0.1) is 0 Å². The maximum absolute atomic E-state index is 5.90. The summed E-state index contributed by atoms with van der Waals surface area (Å²) in [5, 5.41) is 0. The first-order valence-corrected chi connectivity index (χ1v) is 9.72. The van der Waals surface area contributed by atoms with E-state index in [1.165, 1.54) is 5.56 Å². The zero-order chi connectivity index (χ0) is 19.7. The summed E-state index contributed by atoms with van der Waals surface area (Å²) in [6.07, 6.45) is 6.33. The van der Waals surface area contributed by atoms with Gasteiger partial charge in [-0.15, -0.1) is 0 Å². The van der Waals surface area contributed by atoms with Gasteiger partial charge in [-0.05, 0) is 43.9 Å². The molecular formula is C21H28N4O3. The third kappa shape index (κ3) is 3.13. The highest BCUT2D eigenvalue weighted by Crippen LogP contribution is 2.45. The van der Waals surface area contributed by atoms with E-state index in [-0.39, 0.29) is 5.41 Å². The Kier molecular flexibility index (Phi) is 5.02. The molecule has 150 valence electrons. The number of anilines is 1. The van der Waals surface area contributed by atoms with Gasteiger partial charge in [-0.2, -0.15) is 0 Å². The number of piperidine rings is 1. The quantitative estimate of drug-likeness (QED) is 0.848. The summed E-state index contributed by atoms with van der Waals surface area (Å²) >= 11 is 0. The van der Waals surface area contributed by atoms with Crippen molar-refractivity contribution < 1.29 is 14.2 Å². The zero-order valence-electron chi connectivity index (χ0n) is 16.8. The molecule has 1 unspecified atom stereocenters. The normalized spacial score (nSPS) is 21.5. The van der Waals surface area contributed by atoms with Gasteiger partial charge in [-0.1, -0.05) is 6.07 Å². The molecule has 1 spiro atoms. The highest BCUT2D eigenvalue weighted by molar-refractivity contribution is 5.55.